The second-order valence-corrected chi connectivity index (χ2v) is 9.08. The molecule has 0 amide bonds. The maximum atomic E-state index is 13.7. The second-order valence-electron chi connectivity index (χ2n) is 8.70. The van der Waals surface area contributed by atoms with Gasteiger partial charge in [-0.2, -0.15) is 28.4 Å². The number of nitrogens with zero attached hydrogens (tertiary/aromatic N) is 8. The van der Waals surface area contributed by atoms with E-state index in [-0.39, 0.29) is 45.0 Å². The fraction of sp³-hybridized carbons (Fsp3) is 0.125. The zero-order chi connectivity index (χ0) is 28.3. The normalized spacial score (nSPS) is 12.0. The molecular weight excluding hydrogens is 558 g/mol. The molecule has 0 saturated heterocycles. The molecule has 6 rings (SSSR count). The summed E-state index contributed by atoms with van der Waals surface area (Å²) >= 11 is 6.62. The summed E-state index contributed by atoms with van der Waals surface area (Å²) in [6.07, 6.45) is 2.52. The van der Waals surface area contributed by atoms with Crippen molar-refractivity contribution in [2.45, 2.75) is 6.18 Å². The van der Waals surface area contributed by atoms with Gasteiger partial charge in [0.05, 0.1) is 36.0 Å². The molecule has 6 heterocycles. The highest BCUT2D eigenvalue weighted by atomic mass is 35.5. The van der Waals surface area contributed by atoms with Gasteiger partial charge < -0.3 is 14.6 Å². The highest BCUT2D eigenvalue weighted by molar-refractivity contribution is 6.36. The number of ether oxygens (including phenoxy) is 1. The van der Waals surface area contributed by atoms with Crippen molar-refractivity contribution in [3.05, 3.63) is 82.1 Å². The lowest BCUT2D eigenvalue weighted by atomic mass is 10.2. The monoisotopic (exact) mass is 573 g/mol. The molecule has 40 heavy (non-hydrogen) atoms. The number of alkyl halides is 3. The van der Waals surface area contributed by atoms with Gasteiger partial charge in [-0.05, 0) is 18.2 Å². The van der Waals surface area contributed by atoms with Crippen LogP contribution >= 0.6 is 11.6 Å². The lowest BCUT2D eigenvalue weighted by Crippen LogP contribution is -2.24. The van der Waals surface area contributed by atoms with Crippen LogP contribution in [0.1, 0.15) is 5.56 Å². The first-order chi connectivity index (χ1) is 19.0. The van der Waals surface area contributed by atoms with Crippen LogP contribution in [0.25, 0.3) is 22.4 Å². The predicted molar refractivity (Wildman–Crippen MR) is 136 cm³/mol. The van der Waals surface area contributed by atoms with Crippen molar-refractivity contribution in [3.8, 4) is 17.2 Å². The predicted octanol–water partition coefficient (Wildman–Crippen LogP) is 4.85. The minimum Gasteiger partial charge on any atom is -0.450 e. The number of rotatable bonds is 5. The number of pyridine rings is 3. The molecule has 0 unspecified atom stereocenters. The van der Waals surface area contributed by atoms with Gasteiger partial charge in [0.1, 0.15) is 27.6 Å². The number of hydrogen-bond donors (Lipinski definition) is 1. The standard InChI is InChI=1S/C24H16ClF4N9O2/c1-35-11-14(6-31-35)37-9-12(24(27,28)29)5-15(22(37)39)33-23-34-21-20(36(23)2)19(25)18(7-30-21)40-17-8-32-38-10-13(26)3-4-16(17)38/h3-11H,1-2H3,(H,30,33,34). The van der Waals surface area contributed by atoms with Crippen LogP contribution in [0.5, 0.6) is 11.5 Å². The molecule has 0 spiro atoms. The SMILES string of the molecule is Cn1cc(-n2cc(C(F)(F)F)cc(Nc3nc4ncc(Oc5cnn6cc(F)ccc56)c(Cl)c4n3C)c2=O)cn1. The summed E-state index contributed by atoms with van der Waals surface area (Å²) in [6, 6.07) is 3.44. The zero-order valence-electron chi connectivity index (χ0n) is 20.5. The maximum absolute atomic E-state index is 13.7. The van der Waals surface area contributed by atoms with Crippen LogP contribution in [0.3, 0.4) is 0 Å². The molecule has 11 nitrogen and oxygen atoms in total. The number of halogens is 5. The molecule has 0 aliphatic carbocycles. The number of fused-ring (bicyclic) bond motifs is 2. The van der Waals surface area contributed by atoms with Gasteiger partial charge in [-0.25, -0.2) is 13.9 Å². The Kier molecular flexibility index (Phi) is 5.76. The second kappa shape index (κ2) is 9.08. The number of nitrogens with one attached hydrogen (secondary N) is 1. The molecular formula is C24H16ClF4N9O2. The summed E-state index contributed by atoms with van der Waals surface area (Å²) < 4.78 is 65.4. The third-order valence-corrected chi connectivity index (χ3v) is 6.40. The molecule has 0 radical (unpaired) electrons. The summed E-state index contributed by atoms with van der Waals surface area (Å²) in [5, 5.41) is 10.7. The van der Waals surface area contributed by atoms with E-state index < -0.39 is 23.1 Å². The molecule has 0 aromatic carbocycles. The minimum atomic E-state index is -4.73. The Labute approximate surface area is 225 Å². The molecule has 0 atom stereocenters. The zero-order valence-corrected chi connectivity index (χ0v) is 21.2. The van der Waals surface area contributed by atoms with Crippen molar-refractivity contribution in [3.63, 3.8) is 0 Å². The van der Waals surface area contributed by atoms with Crippen molar-refractivity contribution in [1.29, 1.82) is 0 Å². The summed E-state index contributed by atoms with van der Waals surface area (Å²) in [5.74, 6) is -0.0715. The van der Waals surface area contributed by atoms with Crippen LogP contribution in [0.2, 0.25) is 5.02 Å². The Morgan fingerprint density at radius 3 is 2.55 bits per heavy atom. The van der Waals surface area contributed by atoms with Crippen molar-refractivity contribution in [1.82, 2.24) is 38.5 Å². The Hall–Kier alpha value is -4.92. The number of aromatic nitrogens is 8. The van der Waals surface area contributed by atoms with Crippen molar-refractivity contribution < 1.29 is 22.3 Å². The fourth-order valence-corrected chi connectivity index (χ4v) is 4.40. The van der Waals surface area contributed by atoms with Gasteiger partial charge in [0.25, 0.3) is 5.56 Å². The molecule has 0 fully saturated rings. The lowest BCUT2D eigenvalue weighted by molar-refractivity contribution is -0.137. The van der Waals surface area contributed by atoms with Gasteiger partial charge in [0.15, 0.2) is 17.1 Å². The average molecular weight is 574 g/mol. The van der Waals surface area contributed by atoms with E-state index in [4.69, 9.17) is 16.3 Å². The molecule has 0 aliphatic rings. The topological polar surface area (TPSA) is 109 Å². The van der Waals surface area contributed by atoms with E-state index >= 15 is 0 Å². The third kappa shape index (κ3) is 4.29. The highest BCUT2D eigenvalue weighted by Gasteiger charge is 2.33. The fourth-order valence-electron chi connectivity index (χ4n) is 4.10. The van der Waals surface area contributed by atoms with Crippen LogP contribution in [0.15, 0.2) is 60.2 Å². The summed E-state index contributed by atoms with van der Waals surface area (Å²) in [6.45, 7) is 0. The Morgan fingerprint density at radius 2 is 1.82 bits per heavy atom. The molecule has 0 aliphatic heterocycles. The number of imidazole rings is 1. The van der Waals surface area contributed by atoms with Crippen molar-refractivity contribution in [2.24, 2.45) is 14.1 Å². The van der Waals surface area contributed by atoms with E-state index in [2.05, 4.69) is 25.5 Å². The van der Waals surface area contributed by atoms with E-state index in [0.717, 1.165) is 4.57 Å². The van der Waals surface area contributed by atoms with Gasteiger partial charge in [0.2, 0.25) is 5.95 Å². The van der Waals surface area contributed by atoms with Crippen LogP contribution < -0.4 is 15.6 Å². The Balaban J connectivity index is 1.40. The first-order valence-electron chi connectivity index (χ1n) is 11.4. The average Bonchev–Trinajstić information content (AvgIpc) is 3.59. The van der Waals surface area contributed by atoms with Gasteiger partial charge >= 0.3 is 6.18 Å². The van der Waals surface area contributed by atoms with Gasteiger partial charge in [0, 0.05) is 26.5 Å². The quantitative estimate of drug-likeness (QED) is 0.294. The first kappa shape index (κ1) is 25.4. The van der Waals surface area contributed by atoms with Crippen LogP contribution in [0.4, 0.5) is 29.2 Å². The highest BCUT2D eigenvalue weighted by Crippen LogP contribution is 2.37. The largest absolute Gasteiger partial charge is 0.450 e. The van der Waals surface area contributed by atoms with E-state index in [0.29, 0.717) is 17.8 Å². The van der Waals surface area contributed by atoms with Crippen molar-refractivity contribution >= 4 is 39.9 Å². The molecule has 0 bridgehead atoms. The lowest BCUT2D eigenvalue weighted by Gasteiger charge is -2.14. The Morgan fingerprint density at radius 1 is 1.02 bits per heavy atom. The van der Waals surface area contributed by atoms with E-state index in [9.17, 15) is 22.4 Å². The smallest absolute Gasteiger partial charge is 0.417 e. The number of hydrogen-bond acceptors (Lipinski definition) is 7. The molecule has 1 N–H and O–H groups in total. The van der Waals surface area contributed by atoms with Crippen LogP contribution in [0, 0.1) is 5.82 Å². The summed E-state index contributed by atoms with van der Waals surface area (Å²) in [5.41, 5.74) is -1.16. The van der Waals surface area contributed by atoms with E-state index in [1.807, 2.05) is 0 Å². The first-order valence-corrected chi connectivity index (χ1v) is 11.8. The van der Waals surface area contributed by atoms with E-state index in [1.165, 1.54) is 56.9 Å². The van der Waals surface area contributed by atoms with Crippen molar-refractivity contribution in [2.75, 3.05) is 5.32 Å². The minimum absolute atomic E-state index is 0.00201. The summed E-state index contributed by atoms with van der Waals surface area (Å²) in [7, 11) is 3.12. The molecule has 204 valence electrons. The van der Waals surface area contributed by atoms with Crippen LogP contribution in [-0.4, -0.2) is 38.5 Å². The number of aryl methyl sites for hydroxylation is 2. The maximum Gasteiger partial charge on any atom is 0.417 e. The third-order valence-electron chi connectivity index (χ3n) is 6.03. The van der Waals surface area contributed by atoms with Gasteiger partial charge in [-0.3, -0.25) is 14.0 Å². The van der Waals surface area contributed by atoms with Gasteiger partial charge in [-0.1, -0.05) is 11.6 Å². The van der Waals surface area contributed by atoms with E-state index in [1.54, 1.807) is 14.1 Å². The molecule has 0 saturated carbocycles. The summed E-state index contributed by atoms with van der Waals surface area (Å²) in [4.78, 5) is 21.7. The molecule has 6 aromatic rings. The van der Waals surface area contributed by atoms with Crippen LogP contribution in [-0.2, 0) is 20.3 Å². The molecule has 6 aromatic heterocycles. The number of anilines is 2. The Bertz CT molecular complexity index is 1990. The molecule has 16 heteroatoms. The van der Waals surface area contributed by atoms with Gasteiger partial charge in [-0.15, -0.1) is 0 Å².